The molecule has 0 aromatic carbocycles. The Balaban J connectivity index is 2.05. The smallest absolute Gasteiger partial charge is 0.329 e. The van der Waals surface area contributed by atoms with Crippen LogP contribution in [0.25, 0.3) is 0 Å². The van der Waals surface area contributed by atoms with Gasteiger partial charge >= 0.3 is 12.0 Å². The number of urea groups is 1. The van der Waals surface area contributed by atoms with Gasteiger partial charge in [-0.05, 0) is 50.9 Å². The van der Waals surface area contributed by atoms with Crippen molar-refractivity contribution in [3.8, 4) is 0 Å². The monoisotopic (exact) mass is 282 g/mol. The first-order chi connectivity index (χ1) is 9.48. The molecule has 0 aromatic rings. The third-order valence-electron chi connectivity index (χ3n) is 4.99. The van der Waals surface area contributed by atoms with Crippen LogP contribution in [0.5, 0.6) is 0 Å². The predicted molar refractivity (Wildman–Crippen MR) is 76.5 cm³/mol. The second kappa shape index (κ2) is 6.02. The summed E-state index contributed by atoms with van der Waals surface area (Å²) in [5.41, 5.74) is -1.05. The number of hydrogen-bond acceptors (Lipinski definition) is 2. The minimum Gasteiger partial charge on any atom is -0.480 e. The molecule has 2 rings (SSSR count). The summed E-state index contributed by atoms with van der Waals surface area (Å²) in [6.45, 7) is 4.96. The van der Waals surface area contributed by atoms with Gasteiger partial charge in [0.15, 0.2) is 0 Å². The summed E-state index contributed by atoms with van der Waals surface area (Å²) in [6, 6.07) is 0.0784. The summed E-state index contributed by atoms with van der Waals surface area (Å²) in [5.74, 6) is -0.334. The van der Waals surface area contributed by atoms with Gasteiger partial charge in [0.1, 0.15) is 5.54 Å². The van der Waals surface area contributed by atoms with Crippen molar-refractivity contribution in [3.05, 3.63) is 0 Å². The molecule has 2 fully saturated rings. The minimum atomic E-state index is -1.05. The summed E-state index contributed by atoms with van der Waals surface area (Å²) < 4.78 is 0. The average Bonchev–Trinajstić information content (AvgIpc) is 2.89. The molecule has 0 bridgehead atoms. The van der Waals surface area contributed by atoms with Gasteiger partial charge in [-0.15, -0.1) is 0 Å². The van der Waals surface area contributed by atoms with Crippen LogP contribution in [-0.4, -0.2) is 40.1 Å². The van der Waals surface area contributed by atoms with Crippen LogP contribution in [0.4, 0.5) is 4.79 Å². The second-order valence-corrected chi connectivity index (χ2v) is 6.40. The number of likely N-dealkylation sites (tertiary alicyclic amines) is 1. The average molecular weight is 282 g/mol. The number of carbonyl (C=O) groups is 2. The van der Waals surface area contributed by atoms with E-state index in [-0.39, 0.29) is 12.1 Å². The number of carbonyl (C=O) groups excluding carboxylic acids is 1. The SMILES string of the molecule is CCC1CCCN1C(=O)NC1(C(=O)O)CCC(C)CC1. The van der Waals surface area contributed by atoms with Gasteiger partial charge < -0.3 is 15.3 Å². The predicted octanol–water partition coefficient (Wildman–Crippen LogP) is 2.60. The van der Waals surface area contributed by atoms with E-state index in [1.54, 1.807) is 0 Å². The molecule has 0 spiro atoms. The lowest BCUT2D eigenvalue weighted by atomic mass is 9.77. The van der Waals surface area contributed by atoms with Gasteiger partial charge in [0.2, 0.25) is 0 Å². The third-order valence-corrected chi connectivity index (χ3v) is 4.99. The highest BCUT2D eigenvalue weighted by Crippen LogP contribution is 2.33. The maximum atomic E-state index is 12.4. The molecule has 2 aliphatic rings. The van der Waals surface area contributed by atoms with Crippen molar-refractivity contribution in [3.63, 3.8) is 0 Å². The summed E-state index contributed by atoms with van der Waals surface area (Å²) in [5, 5.41) is 12.4. The lowest BCUT2D eigenvalue weighted by molar-refractivity contribution is -0.146. The Morgan fingerprint density at radius 3 is 2.50 bits per heavy atom. The van der Waals surface area contributed by atoms with Crippen molar-refractivity contribution < 1.29 is 14.7 Å². The van der Waals surface area contributed by atoms with Crippen LogP contribution in [0.15, 0.2) is 0 Å². The van der Waals surface area contributed by atoms with E-state index in [9.17, 15) is 14.7 Å². The van der Waals surface area contributed by atoms with Crippen LogP contribution in [0.1, 0.15) is 58.8 Å². The van der Waals surface area contributed by atoms with Gasteiger partial charge in [-0.3, -0.25) is 0 Å². The molecule has 1 aliphatic heterocycles. The molecule has 2 N–H and O–H groups in total. The van der Waals surface area contributed by atoms with E-state index in [2.05, 4.69) is 19.2 Å². The molecule has 20 heavy (non-hydrogen) atoms. The fourth-order valence-electron chi connectivity index (χ4n) is 3.45. The molecule has 2 amide bonds. The highest BCUT2D eigenvalue weighted by molar-refractivity contribution is 5.86. The second-order valence-electron chi connectivity index (χ2n) is 6.40. The number of amides is 2. The van der Waals surface area contributed by atoms with E-state index in [0.29, 0.717) is 18.8 Å². The largest absolute Gasteiger partial charge is 0.480 e. The number of carboxylic acid groups (broad SMARTS) is 1. The molecule has 1 aliphatic carbocycles. The molecule has 1 saturated heterocycles. The Morgan fingerprint density at radius 1 is 1.30 bits per heavy atom. The number of hydrogen-bond donors (Lipinski definition) is 2. The lowest BCUT2D eigenvalue weighted by Crippen LogP contribution is -2.59. The van der Waals surface area contributed by atoms with Crippen molar-refractivity contribution >= 4 is 12.0 Å². The first kappa shape index (κ1) is 15.1. The summed E-state index contributed by atoms with van der Waals surface area (Å²) in [6.07, 6.45) is 5.79. The van der Waals surface area contributed by atoms with Crippen LogP contribution in [-0.2, 0) is 4.79 Å². The maximum absolute atomic E-state index is 12.4. The summed E-state index contributed by atoms with van der Waals surface area (Å²) in [4.78, 5) is 25.9. The van der Waals surface area contributed by atoms with Crippen molar-refractivity contribution in [1.82, 2.24) is 10.2 Å². The number of carboxylic acids is 1. The summed E-state index contributed by atoms with van der Waals surface area (Å²) >= 11 is 0. The van der Waals surface area contributed by atoms with Crippen molar-refractivity contribution in [2.45, 2.75) is 70.4 Å². The standard InChI is InChI=1S/C15H26N2O3/c1-3-12-5-4-10-17(12)14(20)16-15(13(18)19)8-6-11(2)7-9-15/h11-12H,3-10H2,1-2H3,(H,16,20)(H,18,19). The quantitative estimate of drug-likeness (QED) is 0.836. The third kappa shape index (κ3) is 2.91. The number of aliphatic carboxylic acids is 1. The Bertz CT molecular complexity index is 375. The zero-order valence-corrected chi connectivity index (χ0v) is 12.5. The lowest BCUT2D eigenvalue weighted by Gasteiger charge is -2.38. The van der Waals surface area contributed by atoms with Gasteiger partial charge in [-0.2, -0.15) is 0 Å². The van der Waals surface area contributed by atoms with E-state index in [1.165, 1.54) is 0 Å². The fraction of sp³-hybridized carbons (Fsp3) is 0.867. The topological polar surface area (TPSA) is 69.6 Å². The van der Waals surface area contributed by atoms with E-state index >= 15 is 0 Å². The van der Waals surface area contributed by atoms with Crippen LogP contribution >= 0.6 is 0 Å². The molecule has 5 heteroatoms. The highest BCUT2D eigenvalue weighted by atomic mass is 16.4. The van der Waals surface area contributed by atoms with Gasteiger partial charge in [-0.25, -0.2) is 9.59 Å². The first-order valence-electron chi connectivity index (χ1n) is 7.80. The molecule has 0 aromatic heterocycles. The zero-order chi connectivity index (χ0) is 14.8. The molecule has 1 atom stereocenters. The molecular formula is C15H26N2O3. The minimum absolute atomic E-state index is 0.189. The number of rotatable bonds is 3. The molecule has 0 radical (unpaired) electrons. The van der Waals surface area contributed by atoms with E-state index in [4.69, 9.17) is 0 Å². The molecule has 5 nitrogen and oxygen atoms in total. The van der Waals surface area contributed by atoms with Gasteiger partial charge in [0.05, 0.1) is 0 Å². The van der Waals surface area contributed by atoms with Gasteiger partial charge in [0, 0.05) is 12.6 Å². The van der Waals surface area contributed by atoms with Crippen LogP contribution < -0.4 is 5.32 Å². The fourth-order valence-corrected chi connectivity index (χ4v) is 3.45. The number of nitrogens with one attached hydrogen (secondary N) is 1. The molecule has 114 valence electrons. The highest BCUT2D eigenvalue weighted by Gasteiger charge is 2.44. The van der Waals surface area contributed by atoms with Crippen molar-refractivity contribution in [2.75, 3.05) is 6.54 Å². The van der Waals surface area contributed by atoms with E-state index < -0.39 is 11.5 Å². The molecule has 1 unspecified atom stereocenters. The van der Waals surface area contributed by atoms with E-state index in [0.717, 1.165) is 38.6 Å². The zero-order valence-electron chi connectivity index (χ0n) is 12.5. The van der Waals surface area contributed by atoms with Crippen LogP contribution in [0, 0.1) is 5.92 Å². The molecule has 1 heterocycles. The van der Waals surface area contributed by atoms with Crippen LogP contribution in [0.3, 0.4) is 0 Å². The first-order valence-corrected chi connectivity index (χ1v) is 7.80. The maximum Gasteiger partial charge on any atom is 0.329 e. The Kier molecular flexibility index (Phi) is 4.55. The van der Waals surface area contributed by atoms with Gasteiger partial charge in [0.25, 0.3) is 0 Å². The Labute approximate surface area is 120 Å². The van der Waals surface area contributed by atoms with Crippen molar-refractivity contribution in [2.24, 2.45) is 5.92 Å². The normalized spacial score (nSPS) is 34.0. The summed E-state index contributed by atoms with van der Waals surface area (Å²) in [7, 11) is 0. The molecule has 1 saturated carbocycles. The van der Waals surface area contributed by atoms with Gasteiger partial charge in [-0.1, -0.05) is 13.8 Å². The Hall–Kier alpha value is -1.26. The van der Waals surface area contributed by atoms with E-state index in [1.807, 2.05) is 4.90 Å². The molecular weight excluding hydrogens is 256 g/mol. The van der Waals surface area contributed by atoms with Crippen molar-refractivity contribution in [1.29, 1.82) is 0 Å². The number of nitrogens with zero attached hydrogens (tertiary/aromatic N) is 1. The Morgan fingerprint density at radius 2 is 1.95 bits per heavy atom. The van der Waals surface area contributed by atoms with Crippen LogP contribution in [0.2, 0.25) is 0 Å².